The lowest BCUT2D eigenvalue weighted by atomic mass is 9.94. The number of fused-ring (bicyclic) bond motifs is 2. The summed E-state index contributed by atoms with van der Waals surface area (Å²) in [4.78, 5) is 4.61. The van der Waals surface area contributed by atoms with Gasteiger partial charge in [-0.2, -0.15) is 13.2 Å². The maximum absolute atomic E-state index is 12.6. The molecule has 0 unspecified atom stereocenters. The minimum Gasteiger partial charge on any atom is -0.461 e. The van der Waals surface area contributed by atoms with Gasteiger partial charge in [-0.3, -0.25) is 4.98 Å². The summed E-state index contributed by atoms with van der Waals surface area (Å²) < 4.78 is 43.7. The smallest absolute Gasteiger partial charge is 0.389 e. The molecule has 0 bridgehead atoms. The second-order valence-corrected chi connectivity index (χ2v) is 7.83. The summed E-state index contributed by atoms with van der Waals surface area (Å²) in [5.41, 5.74) is 4.34. The molecule has 4 aromatic rings. The molecular weight excluding hydrogens is 375 g/mol. The van der Waals surface area contributed by atoms with Crippen LogP contribution in [0.1, 0.15) is 43.1 Å². The SMILES string of the molecule is Cc1cc2cc(C(C)C)cc(-c3nccc4cc(CCC(F)(F)F)ccc34)c2o1. The van der Waals surface area contributed by atoms with Gasteiger partial charge in [0.1, 0.15) is 11.3 Å². The highest BCUT2D eigenvalue weighted by Crippen LogP contribution is 2.37. The predicted octanol–water partition coefficient (Wildman–Crippen LogP) is 7.57. The first-order chi connectivity index (χ1) is 13.7. The van der Waals surface area contributed by atoms with Crippen LogP contribution in [0.2, 0.25) is 0 Å². The first-order valence-electron chi connectivity index (χ1n) is 9.70. The zero-order valence-corrected chi connectivity index (χ0v) is 16.6. The number of benzene rings is 2. The van der Waals surface area contributed by atoms with Crippen LogP contribution in [0.25, 0.3) is 33.0 Å². The molecule has 0 amide bonds. The molecule has 2 aromatic heterocycles. The van der Waals surface area contributed by atoms with E-state index in [2.05, 4.69) is 31.0 Å². The average Bonchev–Trinajstić information content (AvgIpc) is 3.04. The summed E-state index contributed by atoms with van der Waals surface area (Å²) in [7, 11) is 0. The van der Waals surface area contributed by atoms with Gasteiger partial charge in [-0.05, 0) is 60.0 Å². The maximum atomic E-state index is 12.6. The largest absolute Gasteiger partial charge is 0.461 e. The molecule has 29 heavy (non-hydrogen) atoms. The van der Waals surface area contributed by atoms with Gasteiger partial charge in [-0.1, -0.05) is 32.0 Å². The topological polar surface area (TPSA) is 26.0 Å². The summed E-state index contributed by atoms with van der Waals surface area (Å²) in [5.74, 6) is 1.18. The van der Waals surface area contributed by atoms with Crippen LogP contribution >= 0.6 is 0 Å². The van der Waals surface area contributed by atoms with Crippen molar-refractivity contribution in [3.63, 3.8) is 0 Å². The van der Waals surface area contributed by atoms with E-state index >= 15 is 0 Å². The van der Waals surface area contributed by atoms with E-state index in [1.807, 2.05) is 31.2 Å². The third-order valence-electron chi connectivity index (χ3n) is 5.21. The van der Waals surface area contributed by atoms with Crippen molar-refractivity contribution in [2.75, 3.05) is 0 Å². The van der Waals surface area contributed by atoms with E-state index in [0.717, 1.165) is 38.8 Å². The molecule has 0 saturated heterocycles. The molecule has 0 fully saturated rings. The molecule has 2 heterocycles. The van der Waals surface area contributed by atoms with E-state index in [4.69, 9.17) is 4.42 Å². The fourth-order valence-electron chi connectivity index (χ4n) is 3.70. The zero-order valence-electron chi connectivity index (χ0n) is 16.6. The summed E-state index contributed by atoms with van der Waals surface area (Å²) in [5, 5.41) is 2.81. The molecule has 0 atom stereocenters. The van der Waals surface area contributed by atoms with Gasteiger partial charge < -0.3 is 4.42 Å². The minimum atomic E-state index is -4.15. The van der Waals surface area contributed by atoms with Gasteiger partial charge in [0, 0.05) is 29.0 Å². The second-order valence-electron chi connectivity index (χ2n) is 7.83. The lowest BCUT2D eigenvalue weighted by molar-refractivity contribution is -0.133. The van der Waals surface area contributed by atoms with Gasteiger partial charge >= 0.3 is 6.18 Å². The lowest BCUT2D eigenvalue weighted by Gasteiger charge is -2.12. The molecule has 0 aliphatic rings. The Morgan fingerprint density at radius 2 is 1.79 bits per heavy atom. The number of rotatable bonds is 4. The van der Waals surface area contributed by atoms with Gasteiger partial charge in [-0.25, -0.2) is 0 Å². The number of hydrogen-bond donors (Lipinski definition) is 0. The third-order valence-corrected chi connectivity index (χ3v) is 5.21. The third kappa shape index (κ3) is 4.00. The summed E-state index contributed by atoms with van der Waals surface area (Å²) in [6.45, 7) is 6.20. The Labute approximate surface area is 167 Å². The van der Waals surface area contributed by atoms with E-state index in [1.54, 1.807) is 12.3 Å². The van der Waals surface area contributed by atoms with Crippen LogP contribution in [0.5, 0.6) is 0 Å². The van der Waals surface area contributed by atoms with Crippen molar-refractivity contribution in [3.05, 3.63) is 65.5 Å². The van der Waals surface area contributed by atoms with Crippen molar-refractivity contribution in [1.29, 1.82) is 0 Å². The molecule has 2 nitrogen and oxygen atoms in total. The molecule has 0 N–H and O–H groups in total. The van der Waals surface area contributed by atoms with Crippen molar-refractivity contribution in [2.24, 2.45) is 0 Å². The maximum Gasteiger partial charge on any atom is 0.389 e. The molecule has 0 radical (unpaired) electrons. The number of halogens is 3. The number of furan rings is 1. The number of alkyl halides is 3. The molecule has 0 aliphatic carbocycles. The minimum absolute atomic E-state index is 0.0262. The predicted molar refractivity (Wildman–Crippen MR) is 110 cm³/mol. The standard InChI is InChI=1S/C24H22F3NO/c1-14(2)18-12-19-10-15(3)29-23(19)21(13-18)22-20-5-4-16(6-8-24(25,26)27)11-17(20)7-9-28-22/h4-5,7,9-14H,6,8H2,1-3H3. The fraction of sp³-hybridized carbons (Fsp3) is 0.292. The highest BCUT2D eigenvalue weighted by atomic mass is 19.4. The van der Waals surface area contributed by atoms with Crippen molar-refractivity contribution in [2.45, 2.75) is 45.7 Å². The van der Waals surface area contributed by atoms with E-state index in [1.165, 1.54) is 5.56 Å². The van der Waals surface area contributed by atoms with E-state index in [9.17, 15) is 13.2 Å². The van der Waals surface area contributed by atoms with E-state index in [-0.39, 0.29) is 6.42 Å². The van der Waals surface area contributed by atoms with Crippen LogP contribution in [-0.2, 0) is 6.42 Å². The van der Waals surface area contributed by atoms with Crippen LogP contribution in [0.4, 0.5) is 13.2 Å². The number of nitrogens with zero attached hydrogens (tertiary/aromatic N) is 1. The molecule has 2 aromatic carbocycles. The summed E-state index contributed by atoms with van der Waals surface area (Å²) in [6.07, 6.45) is -3.30. The zero-order chi connectivity index (χ0) is 20.8. The Kier molecular flexibility index (Phi) is 4.85. The van der Waals surface area contributed by atoms with E-state index in [0.29, 0.717) is 11.5 Å². The van der Waals surface area contributed by atoms with Crippen molar-refractivity contribution < 1.29 is 17.6 Å². The van der Waals surface area contributed by atoms with Crippen molar-refractivity contribution in [3.8, 4) is 11.3 Å². The summed E-state index contributed by atoms with van der Waals surface area (Å²) in [6, 6.07) is 13.6. The molecule has 4 rings (SSSR count). The monoisotopic (exact) mass is 397 g/mol. The first-order valence-corrected chi connectivity index (χ1v) is 9.70. The molecule has 150 valence electrons. The highest BCUT2D eigenvalue weighted by molar-refractivity contribution is 6.02. The van der Waals surface area contributed by atoms with Crippen molar-refractivity contribution >= 4 is 21.7 Å². The quantitative estimate of drug-likeness (QED) is 0.355. The number of aromatic nitrogens is 1. The van der Waals surface area contributed by atoms with Gasteiger partial charge in [0.05, 0.1) is 5.69 Å². The number of aryl methyl sites for hydroxylation is 2. The molecule has 0 aliphatic heterocycles. The fourth-order valence-corrected chi connectivity index (χ4v) is 3.70. The molecule has 0 spiro atoms. The van der Waals surface area contributed by atoms with Crippen LogP contribution in [-0.4, -0.2) is 11.2 Å². The van der Waals surface area contributed by atoms with E-state index < -0.39 is 12.6 Å². The van der Waals surface area contributed by atoms with Gasteiger partial charge in [0.15, 0.2) is 0 Å². The van der Waals surface area contributed by atoms with Gasteiger partial charge in [-0.15, -0.1) is 0 Å². The van der Waals surface area contributed by atoms with Crippen LogP contribution in [0, 0.1) is 6.92 Å². The molecule has 5 heteroatoms. The Balaban J connectivity index is 1.86. The van der Waals surface area contributed by atoms with Crippen LogP contribution in [0.3, 0.4) is 0 Å². The average molecular weight is 397 g/mol. The number of pyridine rings is 1. The van der Waals surface area contributed by atoms with Crippen LogP contribution in [0.15, 0.2) is 53.1 Å². The number of hydrogen-bond acceptors (Lipinski definition) is 2. The lowest BCUT2D eigenvalue weighted by Crippen LogP contribution is -2.08. The molecular formula is C24H22F3NO. The van der Waals surface area contributed by atoms with Gasteiger partial charge in [0.2, 0.25) is 0 Å². The normalized spacial score (nSPS) is 12.4. The van der Waals surface area contributed by atoms with Gasteiger partial charge in [0.25, 0.3) is 0 Å². The Bertz CT molecular complexity index is 1190. The highest BCUT2D eigenvalue weighted by Gasteiger charge is 2.26. The summed E-state index contributed by atoms with van der Waals surface area (Å²) >= 11 is 0. The Hall–Kier alpha value is -2.82. The second kappa shape index (κ2) is 7.21. The van der Waals surface area contributed by atoms with Crippen LogP contribution < -0.4 is 0 Å². The molecule has 0 saturated carbocycles. The Morgan fingerprint density at radius 1 is 1.00 bits per heavy atom. The van der Waals surface area contributed by atoms with Crippen molar-refractivity contribution in [1.82, 2.24) is 4.98 Å². The first kappa shape index (κ1) is 19.5. The Morgan fingerprint density at radius 3 is 2.52 bits per heavy atom.